The number of nitrogens with zero attached hydrogens (tertiary/aromatic N) is 2. The van der Waals surface area contributed by atoms with Crippen molar-refractivity contribution < 1.29 is 0 Å². The van der Waals surface area contributed by atoms with Crippen molar-refractivity contribution >= 4 is 55.2 Å². The first kappa shape index (κ1) is 12.9. The number of hydrogen-bond donors (Lipinski definition) is 2. The van der Waals surface area contributed by atoms with E-state index in [4.69, 9.17) is 5.84 Å². The molecule has 0 fully saturated rings. The number of anilines is 1. The first-order valence-corrected chi connectivity index (χ1v) is 7.91. The van der Waals surface area contributed by atoms with Gasteiger partial charge in [-0.15, -0.1) is 11.3 Å². The summed E-state index contributed by atoms with van der Waals surface area (Å²) < 4.78 is 1.05. The maximum Gasteiger partial charge on any atom is 0.239 e. The van der Waals surface area contributed by atoms with Crippen LogP contribution in [0.2, 0.25) is 0 Å². The van der Waals surface area contributed by atoms with Gasteiger partial charge in [0.05, 0.1) is 0 Å². The van der Waals surface area contributed by atoms with Gasteiger partial charge in [0.25, 0.3) is 0 Å². The first-order chi connectivity index (χ1) is 9.28. The fourth-order valence-corrected chi connectivity index (χ4v) is 3.89. The molecule has 0 spiro atoms. The highest BCUT2D eigenvalue weighted by atomic mass is 79.9. The van der Waals surface area contributed by atoms with Crippen molar-refractivity contribution in [3.63, 3.8) is 0 Å². The molecule has 0 saturated carbocycles. The summed E-state index contributed by atoms with van der Waals surface area (Å²) >= 11 is 6.71. The quantitative estimate of drug-likeness (QED) is 0.425. The van der Waals surface area contributed by atoms with Crippen LogP contribution in [0, 0.1) is 0 Å². The molecule has 0 amide bonds. The number of aromatic nitrogens is 2. The van der Waals surface area contributed by atoms with E-state index < -0.39 is 0 Å². The third-order valence-electron chi connectivity index (χ3n) is 2.46. The molecule has 2 heterocycles. The summed E-state index contributed by atoms with van der Waals surface area (Å²) in [6.07, 6.45) is 0. The lowest BCUT2D eigenvalue weighted by Gasteiger charge is -2.06. The molecule has 1 aromatic carbocycles. The Balaban J connectivity index is 2.09. The number of nitrogen functional groups attached to an aromatic ring is 1. The van der Waals surface area contributed by atoms with Crippen LogP contribution in [0.25, 0.3) is 10.2 Å². The number of hydrazine groups is 1. The van der Waals surface area contributed by atoms with Gasteiger partial charge in [0.2, 0.25) is 5.95 Å². The highest BCUT2D eigenvalue weighted by Crippen LogP contribution is 2.37. The Hall–Kier alpha value is -1.15. The average molecular weight is 353 g/mol. The van der Waals surface area contributed by atoms with E-state index in [1.165, 1.54) is 0 Å². The summed E-state index contributed by atoms with van der Waals surface area (Å²) in [7, 11) is 0. The number of nitrogens with one attached hydrogen (secondary N) is 1. The minimum Gasteiger partial charge on any atom is -0.292 e. The number of halogens is 1. The lowest BCUT2D eigenvalue weighted by atomic mass is 10.4. The number of nitrogens with two attached hydrogens (primary N) is 1. The molecule has 19 heavy (non-hydrogen) atoms. The Kier molecular flexibility index (Phi) is 3.69. The van der Waals surface area contributed by atoms with Gasteiger partial charge in [0.15, 0.2) is 0 Å². The van der Waals surface area contributed by atoms with Gasteiger partial charge in [0.1, 0.15) is 9.86 Å². The van der Waals surface area contributed by atoms with Crippen LogP contribution >= 0.6 is 39.0 Å². The van der Waals surface area contributed by atoms with Gasteiger partial charge in [0, 0.05) is 14.8 Å². The van der Waals surface area contributed by atoms with E-state index in [-0.39, 0.29) is 0 Å². The van der Waals surface area contributed by atoms with E-state index in [9.17, 15) is 0 Å². The van der Waals surface area contributed by atoms with Gasteiger partial charge >= 0.3 is 0 Å². The van der Waals surface area contributed by atoms with Gasteiger partial charge in [-0.1, -0.05) is 23.9 Å². The lowest BCUT2D eigenvalue weighted by Crippen LogP contribution is -2.10. The molecular formula is C12H9BrN4S2. The van der Waals surface area contributed by atoms with Crippen LogP contribution in [0.3, 0.4) is 0 Å². The second-order valence-corrected chi connectivity index (χ2v) is 6.45. The predicted molar refractivity (Wildman–Crippen MR) is 83.5 cm³/mol. The van der Waals surface area contributed by atoms with Gasteiger partial charge in [-0.3, -0.25) is 5.43 Å². The minimum absolute atomic E-state index is 0.435. The maximum atomic E-state index is 5.41. The Morgan fingerprint density at radius 2 is 2.05 bits per heavy atom. The summed E-state index contributed by atoms with van der Waals surface area (Å²) in [6.45, 7) is 0. The van der Waals surface area contributed by atoms with Gasteiger partial charge < -0.3 is 0 Å². The van der Waals surface area contributed by atoms with Gasteiger partial charge in [-0.2, -0.15) is 0 Å². The van der Waals surface area contributed by atoms with Crippen molar-refractivity contribution in [3.05, 3.63) is 40.2 Å². The molecule has 0 bridgehead atoms. The molecule has 3 N–H and O–H groups in total. The third-order valence-corrected chi connectivity index (χ3v) is 5.30. The number of benzene rings is 1. The number of hydrogen-bond acceptors (Lipinski definition) is 6. The second kappa shape index (κ2) is 5.46. The molecule has 0 aliphatic rings. The van der Waals surface area contributed by atoms with Crippen molar-refractivity contribution in [2.24, 2.45) is 5.84 Å². The van der Waals surface area contributed by atoms with Crippen LogP contribution in [-0.2, 0) is 0 Å². The van der Waals surface area contributed by atoms with E-state index in [0.29, 0.717) is 5.95 Å². The Bertz CT molecular complexity index is 729. The molecule has 3 rings (SSSR count). The molecule has 0 radical (unpaired) electrons. The average Bonchev–Trinajstić information content (AvgIpc) is 2.89. The molecule has 0 atom stereocenters. The normalized spacial score (nSPS) is 10.8. The summed E-state index contributed by atoms with van der Waals surface area (Å²) in [5.41, 5.74) is 2.51. The molecule has 3 aromatic rings. The molecule has 0 aliphatic carbocycles. The molecule has 0 saturated heterocycles. The van der Waals surface area contributed by atoms with E-state index in [1.54, 1.807) is 23.1 Å². The number of thiophene rings is 1. The van der Waals surface area contributed by atoms with Crippen molar-refractivity contribution in [3.8, 4) is 0 Å². The SMILES string of the molecule is NNc1nc(Sc2ccccc2Br)c2ccsc2n1. The topological polar surface area (TPSA) is 63.8 Å². The molecule has 96 valence electrons. The molecule has 0 unspecified atom stereocenters. The second-order valence-electron chi connectivity index (χ2n) is 3.67. The Morgan fingerprint density at radius 3 is 2.84 bits per heavy atom. The fourth-order valence-electron chi connectivity index (χ4n) is 1.60. The number of fused-ring (bicyclic) bond motifs is 1. The zero-order valence-electron chi connectivity index (χ0n) is 9.63. The standard InChI is InChI=1S/C12H9BrN4S2/c13-8-3-1-2-4-9(8)19-11-7-5-6-18-10(7)15-12(16-11)17-14/h1-6H,14H2,(H,15,16,17). The van der Waals surface area contributed by atoms with Crippen LogP contribution in [0.4, 0.5) is 5.95 Å². The molecular weight excluding hydrogens is 344 g/mol. The third kappa shape index (κ3) is 2.59. The molecule has 7 heteroatoms. The first-order valence-electron chi connectivity index (χ1n) is 5.42. The minimum atomic E-state index is 0.435. The van der Waals surface area contributed by atoms with Crippen molar-refractivity contribution in [2.45, 2.75) is 9.92 Å². The van der Waals surface area contributed by atoms with Crippen molar-refractivity contribution in [2.75, 3.05) is 5.43 Å². The highest BCUT2D eigenvalue weighted by Gasteiger charge is 2.11. The predicted octanol–water partition coefficient (Wildman–Crippen LogP) is 3.89. The van der Waals surface area contributed by atoms with E-state index in [0.717, 1.165) is 24.6 Å². The Morgan fingerprint density at radius 1 is 1.21 bits per heavy atom. The van der Waals surface area contributed by atoms with E-state index >= 15 is 0 Å². The van der Waals surface area contributed by atoms with Crippen molar-refractivity contribution in [1.82, 2.24) is 9.97 Å². The van der Waals surface area contributed by atoms with Crippen LogP contribution in [0.5, 0.6) is 0 Å². The monoisotopic (exact) mass is 352 g/mol. The van der Waals surface area contributed by atoms with Gasteiger partial charge in [-0.25, -0.2) is 15.8 Å². The van der Waals surface area contributed by atoms with Crippen LogP contribution in [-0.4, -0.2) is 9.97 Å². The summed E-state index contributed by atoms with van der Waals surface area (Å²) in [6, 6.07) is 10.1. The molecule has 0 aliphatic heterocycles. The largest absolute Gasteiger partial charge is 0.292 e. The summed E-state index contributed by atoms with van der Waals surface area (Å²) in [5.74, 6) is 5.85. The van der Waals surface area contributed by atoms with Crippen LogP contribution < -0.4 is 11.3 Å². The molecule has 2 aromatic heterocycles. The van der Waals surface area contributed by atoms with E-state index in [2.05, 4.69) is 31.3 Å². The highest BCUT2D eigenvalue weighted by molar-refractivity contribution is 9.10. The maximum absolute atomic E-state index is 5.41. The van der Waals surface area contributed by atoms with E-state index in [1.807, 2.05) is 35.7 Å². The lowest BCUT2D eigenvalue weighted by molar-refractivity contribution is 1.08. The summed E-state index contributed by atoms with van der Waals surface area (Å²) in [5, 5.41) is 3.94. The Labute approximate surface area is 126 Å². The number of rotatable bonds is 3. The van der Waals surface area contributed by atoms with Crippen LogP contribution in [0.1, 0.15) is 0 Å². The van der Waals surface area contributed by atoms with Crippen molar-refractivity contribution in [1.29, 1.82) is 0 Å². The summed E-state index contributed by atoms with van der Waals surface area (Å²) in [4.78, 5) is 10.8. The zero-order valence-corrected chi connectivity index (χ0v) is 12.8. The smallest absolute Gasteiger partial charge is 0.239 e. The van der Waals surface area contributed by atoms with Crippen LogP contribution in [0.15, 0.2) is 50.1 Å². The molecule has 4 nitrogen and oxygen atoms in total. The fraction of sp³-hybridized carbons (Fsp3) is 0. The zero-order chi connectivity index (χ0) is 13.2. The van der Waals surface area contributed by atoms with Gasteiger partial charge in [-0.05, 0) is 39.5 Å².